The van der Waals surface area contributed by atoms with E-state index < -0.39 is 11.1 Å². The summed E-state index contributed by atoms with van der Waals surface area (Å²) in [4.78, 5) is 33.7. The number of fused-ring (bicyclic) bond motifs is 1. The molecule has 0 spiro atoms. The van der Waals surface area contributed by atoms with E-state index in [1.165, 1.54) is 23.9 Å². The maximum absolute atomic E-state index is 13.3. The number of carbonyl (C=O) groups excluding carboxylic acids is 2. The fourth-order valence-electron chi connectivity index (χ4n) is 3.05. The smallest absolute Gasteiger partial charge is 0.247 e. The molecule has 1 aromatic heterocycles. The summed E-state index contributed by atoms with van der Waals surface area (Å²) < 4.78 is 13.3. The molecule has 1 N–H and O–H groups in total. The van der Waals surface area contributed by atoms with Gasteiger partial charge in [-0.25, -0.2) is 14.3 Å². The van der Waals surface area contributed by atoms with Crippen LogP contribution in [0.3, 0.4) is 0 Å². The molecule has 0 bridgehead atoms. The summed E-state index contributed by atoms with van der Waals surface area (Å²) >= 11 is 7.20. The summed E-state index contributed by atoms with van der Waals surface area (Å²) in [5.41, 5.74) is 2.18. The highest BCUT2D eigenvalue weighted by atomic mass is 35.5. The van der Waals surface area contributed by atoms with E-state index in [0.717, 1.165) is 27.8 Å². The first kappa shape index (κ1) is 18.0. The zero-order chi connectivity index (χ0) is 19.0. The van der Waals surface area contributed by atoms with E-state index in [9.17, 15) is 14.0 Å². The van der Waals surface area contributed by atoms with Gasteiger partial charge in [-0.2, -0.15) is 0 Å². The molecule has 27 heavy (non-hydrogen) atoms. The van der Waals surface area contributed by atoms with Gasteiger partial charge in [0.25, 0.3) is 0 Å². The van der Waals surface area contributed by atoms with Crippen molar-refractivity contribution in [1.82, 2.24) is 9.97 Å². The van der Waals surface area contributed by atoms with Gasteiger partial charge in [0.15, 0.2) is 0 Å². The number of hydrogen-bond donors (Lipinski definition) is 1. The Labute approximate surface area is 163 Å². The number of imidazole rings is 1. The van der Waals surface area contributed by atoms with Gasteiger partial charge < -0.3 is 4.98 Å². The Morgan fingerprint density at radius 2 is 2.07 bits per heavy atom. The van der Waals surface area contributed by atoms with E-state index in [0.29, 0.717) is 17.9 Å². The predicted molar refractivity (Wildman–Crippen MR) is 105 cm³/mol. The number of nitrogens with zero attached hydrogens (tertiary/aromatic N) is 2. The lowest BCUT2D eigenvalue weighted by molar-refractivity contribution is -0.121. The van der Waals surface area contributed by atoms with E-state index in [-0.39, 0.29) is 23.3 Å². The van der Waals surface area contributed by atoms with Gasteiger partial charge in [0.05, 0.1) is 27.0 Å². The minimum absolute atomic E-state index is 0.117. The minimum atomic E-state index is -0.587. The number of aromatic amines is 1. The number of H-pyrrole nitrogens is 1. The largest absolute Gasteiger partial charge is 0.342 e. The number of hydrogen-bond acceptors (Lipinski definition) is 4. The van der Waals surface area contributed by atoms with Gasteiger partial charge in [0.1, 0.15) is 11.6 Å². The molecule has 1 aliphatic heterocycles. The van der Waals surface area contributed by atoms with E-state index in [2.05, 4.69) is 9.97 Å². The van der Waals surface area contributed by atoms with E-state index in [1.807, 2.05) is 24.3 Å². The molecule has 0 saturated carbocycles. The molecule has 8 heteroatoms. The molecule has 5 nitrogen and oxygen atoms in total. The van der Waals surface area contributed by atoms with Gasteiger partial charge >= 0.3 is 0 Å². The van der Waals surface area contributed by atoms with Gasteiger partial charge in [0.2, 0.25) is 11.8 Å². The van der Waals surface area contributed by atoms with Gasteiger partial charge in [-0.05, 0) is 30.3 Å². The summed E-state index contributed by atoms with van der Waals surface area (Å²) in [7, 11) is 0. The number of aromatic nitrogens is 2. The van der Waals surface area contributed by atoms with Crippen molar-refractivity contribution in [2.45, 2.75) is 18.1 Å². The van der Waals surface area contributed by atoms with Crippen LogP contribution in [0.15, 0.2) is 42.5 Å². The summed E-state index contributed by atoms with van der Waals surface area (Å²) in [5.74, 6) is 0.321. The zero-order valence-electron chi connectivity index (χ0n) is 14.1. The molecule has 4 rings (SSSR count). The van der Waals surface area contributed by atoms with Crippen LogP contribution in [-0.2, 0) is 16.0 Å². The number of carbonyl (C=O) groups is 2. The number of imide groups is 1. The van der Waals surface area contributed by atoms with Gasteiger partial charge in [0, 0.05) is 18.6 Å². The highest BCUT2D eigenvalue weighted by Crippen LogP contribution is 2.32. The molecule has 1 aliphatic rings. The second-order valence-electron chi connectivity index (χ2n) is 6.18. The molecular weight excluding hydrogens is 389 g/mol. The van der Waals surface area contributed by atoms with Crippen molar-refractivity contribution in [2.75, 3.05) is 10.7 Å². The molecule has 2 amide bonds. The second-order valence-corrected chi connectivity index (χ2v) is 7.90. The van der Waals surface area contributed by atoms with Crippen molar-refractivity contribution in [1.29, 1.82) is 0 Å². The monoisotopic (exact) mass is 403 g/mol. The fourth-order valence-corrected chi connectivity index (χ4v) is 4.33. The number of amides is 2. The number of para-hydroxylation sites is 2. The number of benzene rings is 2. The Kier molecular flexibility index (Phi) is 4.88. The zero-order valence-corrected chi connectivity index (χ0v) is 15.7. The summed E-state index contributed by atoms with van der Waals surface area (Å²) in [6, 6.07) is 11.6. The first-order valence-electron chi connectivity index (χ1n) is 8.40. The lowest BCUT2D eigenvalue weighted by Crippen LogP contribution is -2.31. The summed E-state index contributed by atoms with van der Waals surface area (Å²) in [6.45, 7) is 0. The van der Waals surface area contributed by atoms with Crippen molar-refractivity contribution in [3.63, 3.8) is 0 Å². The molecular formula is C19H15ClFN3O2S. The Morgan fingerprint density at radius 1 is 1.26 bits per heavy atom. The van der Waals surface area contributed by atoms with Gasteiger partial charge in [-0.3, -0.25) is 9.59 Å². The van der Waals surface area contributed by atoms with Gasteiger partial charge in [-0.1, -0.05) is 23.7 Å². The molecule has 0 radical (unpaired) electrons. The molecule has 0 aliphatic carbocycles. The number of halogens is 2. The molecule has 3 aromatic rings. The fraction of sp³-hybridized carbons (Fsp3) is 0.211. The van der Waals surface area contributed by atoms with Crippen molar-refractivity contribution in [2.24, 2.45) is 0 Å². The number of thioether (sulfide) groups is 1. The van der Waals surface area contributed by atoms with Crippen molar-refractivity contribution < 1.29 is 14.0 Å². The van der Waals surface area contributed by atoms with Crippen LogP contribution in [0, 0.1) is 5.82 Å². The highest BCUT2D eigenvalue weighted by molar-refractivity contribution is 8.00. The van der Waals surface area contributed by atoms with E-state index in [4.69, 9.17) is 11.6 Å². The molecule has 2 heterocycles. The Hall–Kier alpha value is -2.38. The molecule has 1 fully saturated rings. The van der Waals surface area contributed by atoms with Crippen LogP contribution in [0.5, 0.6) is 0 Å². The van der Waals surface area contributed by atoms with Crippen LogP contribution in [0.2, 0.25) is 5.02 Å². The highest BCUT2D eigenvalue weighted by Gasteiger charge is 2.39. The Morgan fingerprint density at radius 3 is 2.85 bits per heavy atom. The lowest BCUT2D eigenvalue weighted by Gasteiger charge is -2.15. The number of rotatable bonds is 5. The number of anilines is 1. The standard InChI is InChI=1S/C19H15ClFN3O2S/c20-12-9-11(5-6-13(12)21)24-18(25)10-16(19(24)26)27-8-7-17-22-14-3-1-2-4-15(14)23-17/h1-6,9,16H,7-8,10H2,(H,22,23)/t16-/m0/s1. The topological polar surface area (TPSA) is 66.1 Å². The third kappa shape index (κ3) is 3.57. The SMILES string of the molecule is O=C1C[C@H](SCCc2nc3ccccc3[nH]2)C(=O)N1c1ccc(F)c(Cl)c1. The van der Waals surface area contributed by atoms with Crippen LogP contribution in [-0.4, -0.2) is 32.8 Å². The first-order chi connectivity index (χ1) is 13.0. The molecule has 0 unspecified atom stereocenters. The normalized spacial score (nSPS) is 17.3. The molecule has 1 atom stereocenters. The summed E-state index contributed by atoms with van der Waals surface area (Å²) in [5, 5.41) is -0.570. The number of aryl methyl sites for hydroxylation is 1. The summed E-state index contributed by atoms with van der Waals surface area (Å²) in [6.07, 6.45) is 0.790. The van der Waals surface area contributed by atoms with Crippen LogP contribution >= 0.6 is 23.4 Å². The van der Waals surface area contributed by atoms with Crippen molar-refractivity contribution in [3.05, 3.63) is 59.1 Å². The third-order valence-electron chi connectivity index (χ3n) is 4.36. The van der Waals surface area contributed by atoms with Crippen LogP contribution in [0.1, 0.15) is 12.2 Å². The minimum Gasteiger partial charge on any atom is -0.342 e. The number of nitrogens with one attached hydrogen (secondary N) is 1. The van der Waals surface area contributed by atoms with Crippen LogP contribution < -0.4 is 4.90 Å². The predicted octanol–water partition coefficient (Wildman–Crippen LogP) is 3.96. The third-order valence-corrected chi connectivity index (χ3v) is 5.86. The van der Waals surface area contributed by atoms with Crippen molar-refractivity contribution >= 4 is 51.9 Å². The first-order valence-corrected chi connectivity index (χ1v) is 9.82. The van der Waals surface area contributed by atoms with E-state index in [1.54, 1.807) is 0 Å². The van der Waals surface area contributed by atoms with E-state index >= 15 is 0 Å². The van der Waals surface area contributed by atoms with Crippen molar-refractivity contribution in [3.8, 4) is 0 Å². The quantitative estimate of drug-likeness (QED) is 0.655. The van der Waals surface area contributed by atoms with Crippen LogP contribution in [0.4, 0.5) is 10.1 Å². The average molecular weight is 404 g/mol. The lowest BCUT2D eigenvalue weighted by atomic mass is 10.3. The molecule has 1 saturated heterocycles. The van der Waals surface area contributed by atoms with Gasteiger partial charge in [-0.15, -0.1) is 11.8 Å². The maximum atomic E-state index is 13.3. The van der Waals surface area contributed by atoms with Crippen LogP contribution in [0.25, 0.3) is 11.0 Å². The Bertz CT molecular complexity index is 1010. The average Bonchev–Trinajstić information content (AvgIpc) is 3.18. The molecule has 138 valence electrons. The Balaban J connectivity index is 1.40. The maximum Gasteiger partial charge on any atom is 0.247 e. The molecule has 2 aromatic carbocycles. The second kappa shape index (κ2) is 7.32.